The Hall–Kier alpha value is -4.63. The predicted molar refractivity (Wildman–Crippen MR) is 151 cm³/mol. The van der Waals surface area contributed by atoms with Crippen LogP contribution in [0, 0.1) is 17.2 Å². The minimum atomic E-state index is -0.982. The summed E-state index contributed by atoms with van der Waals surface area (Å²) < 4.78 is 0. The zero-order valence-electron chi connectivity index (χ0n) is 23.6. The fraction of sp³-hybridized carbons (Fsp3) is 0.433. The molecule has 3 atom stereocenters. The maximum absolute atomic E-state index is 13.3. The van der Waals surface area contributed by atoms with Crippen molar-refractivity contribution in [1.82, 2.24) is 30.8 Å². The number of piperidine rings is 1. The van der Waals surface area contributed by atoms with Gasteiger partial charge in [-0.2, -0.15) is 10.5 Å². The Bertz CT molecular complexity index is 1560. The number of hydrogen-bond acceptors (Lipinski definition) is 8. The van der Waals surface area contributed by atoms with Gasteiger partial charge in [-0.05, 0) is 98.4 Å². The summed E-state index contributed by atoms with van der Waals surface area (Å²) in [5.74, 6) is -0.306. The van der Waals surface area contributed by atoms with Crippen molar-refractivity contribution in [3.63, 3.8) is 0 Å². The lowest BCUT2D eigenvalue weighted by molar-refractivity contribution is -0.131. The quantitative estimate of drug-likeness (QED) is 0.310. The standard InChI is InChI=1S/C30H33N9O3/c1-29(2,34-14-25(40)39-21(13-31)11-20-12-24(20)39)15-30(28-35-37-38-36-28)22-7-5-18(26(32)41)9-16(22)3-4-17-10-19(27(33)42)6-8-23(17)30/h5-10,20-21,24,34H,3-4,11-12,14-15H2,1-2H3,(H2,32,41)(H2,33,42)(H,35,36,37,38)/t20-,21?,24+/m1/s1. The highest BCUT2D eigenvalue weighted by molar-refractivity contribution is 5.94. The van der Waals surface area contributed by atoms with E-state index in [1.54, 1.807) is 29.2 Å². The lowest BCUT2D eigenvalue weighted by atomic mass is 9.65. The third kappa shape index (κ3) is 4.59. The molecule has 42 heavy (non-hydrogen) atoms. The Labute approximate surface area is 242 Å². The van der Waals surface area contributed by atoms with Crippen molar-refractivity contribution in [3.8, 4) is 6.07 Å². The fourth-order valence-corrected chi connectivity index (χ4v) is 7.07. The molecular formula is C30H33N9O3. The highest BCUT2D eigenvalue weighted by Gasteiger charge is 2.54. The number of H-pyrrole nitrogens is 1. The van der Waals surface area contributed by atoms with Crippen LogP contribution in [-0.4, -0.2) is 67.4 Å². The number of nitriles is 1. The number of nitrogens with two attached hydrogens (primary N) is 2. The lowest BCUT2D eigenvalue weighted by Gasteiger charge is -2.41. The summed E-state index contributed by atoms with van der Waals surface area (Å²) in [5, 5.41) is 28.5. The van der Waals surface area contributed by atoms with Crippen molar-refractivity contribution in [2.75, 3.05) is 6.54 Å². The molecule has 12 nitrogen and oxygen atoms in total. The number of fused-ring (bicyclic) bond motifs is 3. The van der Waals surface area contributed by atoms with Gasteiger partial charge in [-0.25, -0.2) is 0 Å². The lowest BCUT2D eigenvalue weighted by Crippen LogP contribution is -2.52. The number of carbonyl (C=O) groups is 3. The number of hydrogen-bond donors (Lipinski definition) is 4. The van der Waals surface area contributed by atoms with Gasteiger partial charge in [0.2, 0.25) is 17.7 Å². The first kappa shape index (κ1) is 27.5. The van der Waals surface area contributed by atoms with Gasteiger partial charge in [0.15, 0.2) is 5.82 Å². The average molecular weight is 568 g/mol. The van der Waals surface area contributed by atoms with E-state index in [1.165, 1.54) is 0 Å². The van der Waals surface area contributed by atoms with Gasteiger partial charge in [0, 0.05) is 22.7 Å². The molecular weight excluding hydrogens is 534 g/mol. The summed E-state index contributed by atoms with van der Waals surface area (Å²) >= 11 is 0. The molecule has 6 N–H and O–H groups in total. The number of aromatic nitrogens is 4. The molecule has 12 heteroatoms. The van der Waals surface area contributed by atoms with E-state index >= 15 is 0 Å². The second-order valence-corrected chi connectivity index (χ2v) is 12.3. The van der Waals surface area contributed by atoms with Crippen LogP contribution in [0.1, 0.15) is 81.9 Å². The van der Waals surface area contributed by atoms with Crippen LogP contribution < -0.4 is 16.8 Å². The molecule has 2 aromatic carbocycles. The van der Waals surface area contributed by atoms with E-state index < -0.39 is 22.8 Å². The molecule has 1 unspecified atom stereocenters. The molecule has 1 aliphatic heterocycles. The van der Waals surface area contributed by atoms with E-state index in [9.17, 15) is 19.6 Å². The summed E-state index contributed by atoms with van der Waals surface area (Å²) in [4.78, 5) is 39.3. The number of benzene rings is 2. The second kappa shape index (κ2) is 10.0. The molecule has 0 radical (unpaired) electrons. The van der Waals surface area contributed by atoms with Crippen LogP contribution in [-0.2, 0) is 23.1 Å². The van der Waals surface area contributed by atoms with Crippen LogP contribution in [0.3, 0.4) is 0 Å². The van der Waals surface area contributed by atoms with E-state index in [0.29, 0.717) is 42.1 Å². The molecule has 0 spiro atoms. The molecule has 3 aromatic rings. The molecule has 1 saturated heterocycles. The van der Waals surface area contributed by atoms with Gasteiger partial charge in [0.05, 0.1) is 18.0 Å². The number of aryl methyl sites for hydroxylation is 2. The fourth-order valence-electron chi connectivity index (χ4n) is 7.07. The van der Waals surface area contributed by atoms with Crippen molar-refractivity contribution < 1.29 is 14.4 Å². The van der Waals surface area contributed by atoms with Gasteiger partial charge in [-0.15, -0.1) is 10.2 Å². The van der Waals surface area contributed by atoms with Crippen molar-refractivity contribution >= 4 is 17.7 Å². The monoisotopic (exact) mass is 567 g/mol. The molecule has 216 valence electrons. The highest BCUT2D eigenvalue weighted by atomic mass is 16.2. The molecule has 3 aliphatic rings. The van der Waals surface area contributed by atoms with Crippen molar-refractivity contribution in [2.45, 2.75) is 69.0 Å². The number of likely N-dealkylation sites (tertiary alicyclic amines) is 1. The summed E-state index contributed by atoms with van der Waals surface area (Å²) in [6, 6.07) is 12.8. The topological polar surface area (TPSA) is 197 Å². The van der Waals surface area contributed by atoms with Crippen LogP contribution >= 0.6 is 0 Å². The number of carbonyl (C=O) groups excluding carboxylic acids is 3. The normalized spacial score (nSPS) is 21.8. The summed E-state index contributed by atoms with van der Waals surface area (Å²) in [5.41, 5.74) is 14.0. The van der Waals surface area contributed by atoms with Crippen LogP contribution in [0.15, 0.2) is 36.4 Å². The molecule has 3 amide bonds. The molecule has 2 heterocycles. The van der Waals surface area contributed by atoms with Crippen LogP contribution in [0.2, 0.25) is 0 Å². The SMILES string of the molecule is CC(C)(CC1(c2nn[nH]n2)c2ccc(C(N)=O)cc2CCc2cc(C(N)=O)ccc21)NCC(=O)N1C(C#N)C[C@@H]2C[C@@H]21. The van der Waals surface area contributed by atoms with Crippen molar-refractivity contribution in [1.29, 1.82) is 5.26 Å². The van der Waals surface area contributed by atoms with Crippen molar-refractivity contribution in [2.24, 2.45) is 17.4 Å². The number of nitrogens with zero attached hydrogens (tertiary/aromatic N) is 5. The smallest absolute Gasteiger partial charge is 0.248 e. The van der Waals surface area contributed by atoms with Gasteiger partial charge < -0.3 is 21.7 Å². The number of tetrazole rings is 1. The number of primary amides is 2. The van der Waals surface area contributed by atoms with E-state index in [-0.39, 0.29) is 24.5 Å². The first-order valence-corrected chi connectivity index (χ1v) is 14.1. The third-order valence-corrected chi connectivity index (χ3v) is 9.06. The minimum Gasteiger partial charge on any atom is -0.366 e. The molecule has 2 aliphatic carbocycles. The molecule has 6 rings (SSSR count). The summed E-state index contributed by atoms with van der Waals surface area (Å²) in [6.45, 7) is 4.08. The predicted octanol–water partition coefficient (Wildman–Crippen LogP) is 1.10. The Morgan fingerprint density at radius 1 is 1.07 bits per heavy atom. The van der Waals surface area contributed by atoms with Crippen LogP contribution in [0.4, 0.5) is 0 Å². The Kier molecular flexibility index (Phi) is 6.57. The van der Waals surface area contributed by atoms with Crippen molar-refractivity contribution in [3.05, 3.63) is 75.6 Å². The van der Waals surface area contributed by atoms with Gasteiger partial charge in [0.25, 0.3) is 0 Å². The highest BCUT2D eigenvalue weighted by Crippen LogP contribution is 2.49. The maximum Gasteiger partial charge on any atom is 0.248 e. The van der Waals surface area contributed by atoms with Gasteiger partial charge in [0.1, 0.15) is 6.04 Å². The Morgan fingerprint density at radius 2 is 1.69 bits per heavy atom. The summed E-state index contributed by atoms with van der Waals surface area (Å²) in [6.07, 6.45) is 3.25. The first-order valence-electron chi connectivity index (χ1n) is 14.1. The Balaban J connectivity index is 1.44. The van der Waals surface area contributed by atoms with E-state index in [2.05, 4.69) is 32.0 Å². The Morgan fingerprint density at radius 3 is 2.21 bits per heavy atom. The zero-order chi connectivity index (χ0) is 29.8. The number of rotatable bonds is 8. The maximum atomic E-state index is 13.3. The number of amides is 3. The number of aromatic amines is 1. The number of nitrogens with one attached hydrogen (secondary N) is 2. The molecule has 1 saturated carbocycles. The second-order valence-electron chi connectivity index (χ2n) is 12.3. The van der Waals surface area contributed by atoms with Gasteiger partial charge in [-0.3, -0.25) is 14.4 Å². The average Bonchev–Trinajstić information content (AvgIpc) is 3.35. The molecule has 2 fully saturated rings. The van der Waals surface area contributed by atoms with E-state index in [1.807, 2.05) is 26.0 Å². The zero-order valence-corrected chi connectivity index (χ0v) is 23.6. The van der Waals surface area contributed by atoms with Crippen LogP contribution in [0.5, 0.6) is 0 Å². The summed E-state index contributed by atoms with van der Waals surface area (Å²) in [7, 11) is 0. The van der Waals surface area contributed by atoms with E-state index in [4.69, 9.17) is 11.5 Å². The minimum absolute atomic E-state index is 0.0671. The third-order valence-electron chi connectivity index (χ3n) is 9.06. The van der Waals surface area contributed by atoms with E-state index in [0.717, 1.165) is 35.1 Å². The van der Waals surface area contributed by atoms with Gasteiger partial charge >= 0.3 is 0 Å². The molecule has 1 aromatic heterocycles. The first-order chi connectivity index (χ1) is 20.0. The molecule has 0 bridgehead atoms. The largest absolute Gasteiger partial charge is 0.366 e. The van der Waals surface area contributed by atoms with Crippen LogP contribution in [0.25, 0.3) is 0 Å². The van der Waals surface area contributed by atoms with Gasteiger partial charge in [-0.1, -0.05) is 17.3 Å².